The molecule has 38 heavy (non-hydrogen) atoms. The summed E-state index contributed by atoms with van der Waals surface area (Å²) in [6.45, 7) is 1.67. The molecule has 0 unspecified atom stereocenters. The van der Waals surface area contributed by atoms with Crippen LogP contribution in [0.5, 0.6) is 0 Å². The first-order valence-corrected chi connectivity index (χ1v) is 11.5. The van der Waals surface area contributed by atoms with E-state index in [-0.39, 0.29) is 6.42 Å². The van der Waals surface area contributed by atoms with Crippen LogP contribution in [-0.4, -0.2) is 39.1 Å². The van der Waals surface area contributed by atoms with Gasteiger partial charge in [0.2, 0.25) is 0 Å². The Hall–Kier alpha value is -4.67. The summed E-state index contributed by atoms with van der Waals surface area (Å²) in [7, 11) is 4.09. The van der Waals surface area contributed by atoms with Crippen LogP contribution in [0.2, 0.25) is 0 Å². The van der Waals surface area contributed by atoms with E-state index in [1.54, 1.807) is 38.2 Å². The van der Waals surface area contributed by atoms with E-state index in [1.165, 1.54) is 17.8 Å². The highest BCUT2D eigenvalue weighted by atomic mass is 19.1. The minimum absolute atomic E-state index is 0.119. The first-order chi connectivity index (χ1) is 18.1. The molecule has 11 heteroatoms. The first kappa shape index (κ1) is 26.4. The lowest BCUT2D eigenvalue weighted by Crippen LogP contribution is -2.43. The van der Waals surface area contributed by atoms with Crippen molar-refractivity contribution < 1.29 is 23.1 Å². The van der Waals surface area contributed by atoms with E-state index >= 15 is 0 Å². The maximum absolute atomic E-state index is 14.1. The number of esters is 1. The Morgan fingerprint density at radius 3 is 2.37 bits per heavy atom. The van der Waals surface area contributed by atoms with Gasteiger partial charge >= 0.3 is 11.7 Å². The molecule has 2 heterocycles. The molecule has 1 N–H and O–H groups in total. The van der Waals surface area contributed by atoms with Crippen LogP contribution in [0.4, 0.5) is 8.78 Å². The zero-order valence-electron chi connectivity index (χ0n) is 21.0. The van der Waals surface area contributed by atoms with Crippen LogP contribution >= 0.6 is 0 Å². The number of rotatable bonds is 6. The molecule has 0 spiro atoms. The van der Waals surface area contributed by atoms with Gasteiger partial charge in [-0.2, -0.15) is 0 Å². The number of amides is 1. The Balaban J connectivity index is 1.80. The van der Waals surface area contributed by atoms with Gasteiger partial charge in [-0.25, -0.2) is 18.4 Å². The third kappa shape index (κ3) is 4.58. The average Bonchev–Trinajstić information content (AvgIpc) is 2.91. The lowest BCUT2D eigenvalue weighted by molar-refractivity contribution is -0.142. The second-order valence-corrected chi connectivity index (χ2v) is 8.69. The molecule has 1 amide bonds. The van der Waals surface area contributed by atoms with Crippen LogP contribution < -0.4 is 16.6 Å². The van der Waals surface area contributed by atoms with Gasteiger partial charge in [0.25, 0.3) is 11.5 Å². The predicted molar refractivity (Wildman–Crippen MR) is 136 cm³/mol. The summed E-state index contributed by atoms with van der Waals surface area (Å²) in [6, 6.07) is 8.43. The van der Waals surface area contributed by atoms with Crippen LogP contribution in [0.25, 0.3) is 22.0 Å². The van der Waals surface area contributed by atoms with Crippen LogP contribution in [0, 0.1) is 18.6 Å². The van der Waals surface area contributed by atoms with Crippen molar-refractivity contribution in [2.24, 2.45) is 14.1 Å². The molecule has 0 aliphatic rings. The van der Waals surface area contributed by atoms with Crippen molar-refractivity contribution in [1.29, 1.82) is 0 Å². The summed E-state index contributed by atoms with van der Waals surface area (Å²) < 4.78 is 35.5. The minimum Gasteiger partial charge on any atom is -0.467 e. The molecule has 2 aromatic carbocycles. The zero-order valence-corrected chi connectivity index (χ0v) is 21.0. The molecule has 0 bridgehead atoms. The van der Waals surface area contributed by atoms with Crippen molar-refractivity contribution in [1.82, 2.24) is 19.4 Å². The SMILES string of the molecule is COC(=O)[C@H](Cc1ccc(-c2c(C)n(C)c(=O)n(C)c2=O)c2cccnc12)NC(=O)c1c(F)cccc1F. The standard InChI is InChI=1S/C27H24F2N4O5/c1-14-21(25(35)33(3)27(37)32(14)2)16-11-10-15(23-17(16)7-6-12-30-23)13-20(26(36)38-4)31-24(34)22-18(28)8-5-9-19(22)29/h5-12,20H,13H2,1-4H3,(H,31,34)/t20-/m0/s1. The molecule has 1 atom stereocenters. The van der Waals surface area contributed by atoms with E-state index in [4.69, 9.17) is 4.74 Å². The minimum atomic E-state index is -1.30. The Bertz CT molecular complexity index is 1690. The maximum atomic E-state index is 14.1. The summed E-state index contributed by atoms with van der Waals surface area (Å²) in [5, 5.41) is 2.92. The van der Waals surface area contributed by atoms with E-state index in [0.717, 1.165) is 29.9 Å². The van der Waals surface area contributed by atoms with Gasteiger partial charge < -0.3 is 14.6 Å². The number of benzene rings is 2. The van der Waals surface area contributed by atoms with Crippen molar-refractivity contribution in [3.63, 3.8) is 0 Å². The fourth-order valence-electron chi connectivity index (χ4n) is 4.37. The van der Waals surface area contributed by atoms with Gasteiger partial charge in [-0.05, 0) is 36.2 Å². The highest BCUT2D eigenvalue weighted by Gasteiger charge is 2.27. The zero-order chi connectivity index (χ0) is 27.7. The quantitative estimate of drug-likeness (QED) is 0.389. The fourth-order valence-corrected chi connectivity index (χ4v) is 4.37. The van der Waals surface area contributed by atoms with Crippen LogP contribution in [-0.2, 0) is 30.0 Å². The van der Waals surface area contributed by atoms with Gasteiger partial charge in [0.1, 0.15) is 23.2 Å². The number of fused-ring (bicyclic) bond motifs is 1. The molecule has 4 rings (SSSR count). The summed E-state index contributed by atoms with van der Waals surface area (Å²) >= 11 is 0. The lowest BCUT2D eigenvalue weighted by Gasteiger charge is -2.19. The smallest absolute Gasteiger partial charge is 0.330 e. The van der Waals surface area contributed by atoms with E-state index in [0.29, 0.717) is 33.3 Å². The normalized spacial score (nSPS) is 11.8. The molecule has 196 valence electrons. The number of pyridine rings is 1. The Labute approximate surface area is 215 Å². The van der Waals surface area contributed by atoms with E-state index in [1.807, 2.05) is 0 Å². The number of ether oxygens (including phenoxy) is 1. The summed E-state index contributed by atoms with van der Waals surface area (Å²) in [4.78, 5) is 55.1. The maximum Gasteiger partial charge on any atom is 0.330 e. The largest absolute Gasteiger partial charge is 0.467 e. The van der Waals surface area contributed by atoms with Crippen molar-refractivity contribution in [2.75, 3.05) is 7.11 Å². The molecule has 0 saturated carbocycles. The predicted octanol–water partition coefficient (Wildman–Crippen LogP) is 2.40. The van der Waals surface area contributed by atoms with Crippen LogP contribution in [0.15, 0.2) is 58.3 Å². The number of aromatic nitrogens is 3. The second kappa shape index (κ2) is 10.4. The van der Waals surface area contributed by atoms with Crippen LogP contribution in [0.1, 0.15) is 21.6 Å². The molecule has 2 aromatic heterocycles. The molecule has 0 aliphatic carbocycles. The van der Waals surface area contributed by atoms with Gasteiger partial charge in [-0.1, -0.05) is 24.3 Å². The van der Waals surface area contributed by atoms with Crippen molar-refractivity contribution in [3.8, 4) is 11.1 Å². The Morgan fingerprint density at radius 1 is 1.03 bits per heavy atom. The third-order valence-corrected chi connectivity index (χ3v) is 6.48. The van der Waals surface area contributed by atoms with Gasteiger partial charge in [0.15, 0.2) is 0 Å². The topological polar surface area (TPSA) is 112 Å². The van der Waals surface area contributed by atoms with Gasteiger partial charge in [-0.3, -0.25) is 19.1 Å². The first-order valence-electron chi connectivity index (χ1n) is 11.5. The number of hydrogen-bond acceptors (Lipinski definition) is 6. The summed E-state index contributed by atoms with van der Waals surface area (Å²) in [6.07, 6.45) is 1.41. The summed E-state index contributed by atoms with van der Waals surface area (Å²) in [5.74, 6) is -4.09. The van der Waals surface area contributed by atoms with Crippen molar-refractivity contribution in [3.05, 3.63) is 98.0 Å². The molecular weight excluding hydrogens is 498 g/mol. The molecule has 4 aromatic rings. The van der Waals surface area contributed by atoms with Gasteiger partial charge in [0.05, 0.1) is 18.2 Å². The van der Waals surface area contributed by atoms with Crippen LogP contribution in [0.3, 0.4) is 0 Å². The van der Waals surface area contributed by atoms with Crippen molar-refractivity contribution in [2.45, 2.75) is 19.4 Å². The summed E-state index contributed by atoms with van der Waals surface area (Å²) in [5.41, 5.74) is 0.482. The molecule has 0 radical (unpaired) electrons. The van der Waals surface area contributed by atoms with Crippen molar-refractivity contribution >= 4 is 22.8 Å². The monoisotopic (exact) mass is 522 g/mol. The lowest BCUT2D eigenvalue weighted by atomic mass is 9.95. The van der Waals surface area contributed by atoms with E-state index in [9.17, 15) is 28.0 Å². The molecule has 0 fully saturated rings. The van der Waals surface area contributed by atoms with E-state index in [2.05, 4.69) is 10.3 Å². The number of nitrogens with zero attached hydrogens (tertiary/aromatic N) is 3. The fraction of sp³-hybridized carbons (Fsp3) is 0.222. The molecule has 0 saturated heterocycles. The van der Waals surface area contributed by atoms with Gasteiger partial charge in [-0.15, -0.1) is 0 Å². The number of nitrogens with one attached hydrogen (secondary N) is 1. The highest BCUT2D eigenvalue weighted by molar-refractivity contribution is 5.99. The number of carbonyl (C=O) groups is 2. The Kier molecular flexibility index (Phi) is 7.20. The third-order valence-electron chi connectivity index (χ3n) is 6.48. The number of hydrogen-bond donors (Lipinski definition) is 1. The molecule has 0 aliphatic heterocycles. The average molecular weight is 523 g/mol. The number of halogens is 2. The second-order valence-electron chi connectivity index (χ2n) is 8.69. The Morgan fingerprint density at radius 2 is 1.71 bits per heavy atom. The molecular formula is C27H24F2N4O5. The van der Waals surface area contributed by atoms with Gasteiger partial charge in [0, 0.05) is 37.8 Å². The van der Waals surface area contributed by atoms with E-state index < -0.39 is 46.4 Å². The highest BCUT2D eigenvalue weighted by Crippen LogP contribution is 2.30. The molecule has 9 nitrogen and oxygen atoms in total. The number of methoxy groups -OCH3 is 1. The number of carbonyl (C=O) groups excluding carboxylic acids is 2.